The third-order valence-corrected chi connectivity index (χ3v) is 3.58. The number of nitrogens with zero attached hydrogens (tertiary/aromatic N) is 2. The monoisotopic (exact) mass is 221 g/mol. The molecule has 0 saturated heterocycles. The average Bonchev–Trinajstić information content (AvgIpc) is 2.26. The minimum Gasteiger partial charge on any atom is -0.392 e. The summed E-state index contributed by atoms with van der Waals surface area (Å²) in [5.41, 5.74) is 1.85. The first kappa shape index (κ1) is 11.5. The Bertz CT molecular complexity index is 361. The zero-order chi connectivity index (χ0) is 11.8. The molecule has 16 heavy (non-hydrogen) atoms. The highest BCUT2D eigenvalue weighted by molar-refractivity contribution is 5.05. The molecule has 4 heteroatoms. The van der Waals surface area contributed by atoms with Gasteiger partial charge in [-0.1, -0.05) is 13.8 Å². The van der Waals surface area contributed by atoms with E-state index in [0.29, 0.717) is 12.6 Å². The second-order valence-corrected chi connectivity index (χ2v) is 5.16. The molecule has 2 N–H and O–H groups in total. The van der Waals surface area contributed by atoms with Crippen molar-refractivity contribution >= 4 is 0 Å². The van der Waals surface area contributed by atoms with Crippen molar-refractivity contribution < 1.29 is 5.11 Å². The summed E-state index contributed by atoms with van der Waals surface area (Å²) in [6.07, 6.45) is 4.21. The Labute approximate surface area is 96.1 Å². The van der Waals surface area contributed by atoms with Gasteiger partial charge in [-0.2, -0.15) is 0 Å². The highest BCUT2D eigenvalue weighted by Gasteiger charge is 2.46. The molecule has 88 valence electrons. The zero-order valence-corrected chi connectivity index (χ0v) is 10.1. The zero-order valence-electron chi connectivity index (χ0n) is 10.1. The Hall–Kier alpha value is -1.00. The van der Waals surface area contributed by atoms with Crippen LogP contribution in [0.4, 0.5) is 0 Å². The molecule has 2 atom stereocenters. The Kier molecular flexibility index (Phi) is 2.95. The molecular weight excluding hydrogens is 202 g/mol. The fraction of sp³-hybridized carbons (Fsp3) is 0.667. The van der Waals surface area contributed by atoms with Crippen LogP contribution in [0.15, 0.2) is 12.4 Å². The molecule has 2 unspecified atom stereocenters. The maximum Gasteiger partial charge on any atom is 0.0724 e. The van der Waals surface area contributed by atoms with Crippen LogP contribution in [-0.2, 0) is 6.54 Å². The predicted octanol–water partition coefficient (Wildman–Crippen LogP) is 1.03. The van der Waals surface area contributed by atoms with Crippen LogP contribution in [0.1, 0.15) is 31.7 Å². The molecule has 0 bridgehead atoms. The van der Waals surface area contributed by atoms with E-state index in [1.807, 2.05) is 6.92 Å². The van der Waals surface area contributed by atoms with Gasteiger partial charge in [-0.05, 0) is 13.3 Å². The Morgan fingerprint density at radius 1 is 1.44 bits per heavy atom. The van der Waals surface area contributed by atoms with Gasteiger partial charge in [0.05, 0.1) is 17.5 Å². The van der Waals surface area contributed by atoms with Gasteiger partial charge in [-0.15, -0.1) is 0 Å². The van der Waals surface area contributed by atoms with E-state index in [1.54, 1.807) is 12.4 Å². The first-order valence-electron chi connectivity index (χ1n) is 5.69. The number of aliphatic hydroxyl groups excluding tert-OH is 1. The van der Waals surface area contributed by atoms with E-state index in [-0.39, 0.29) is 11.5 Å². The summed E-state index contributed by atoms with van der Waals surface area (Å²) in [6.45, 7) is 6.81. The molecule has 1 aromatic heterocycles. The normalized spacial score (nSPS) is 27.5. The molecule has 1 aliphatic carbocycles. The second-order valence-electron chi connectivity index (χ2n) is 5.16. The lowest BCUT2D eigenvalue weighted by Gasteiger charge is -2.49. The van der Waals surface area contributed by atoms with Crippen LogP contribution in [0.5, 0.6) is 0 Å². The number of hydrogen-bond donors (Lipinski definition) is 2. The SMILES string of the molecule is Cc1cnc(CNC2CC(O)C2(C)C)cn1. The topological polar surface area (TPSA) is 58.0 Å². The minimum absolute atomic E-state index is 0.0296. The summed E-state index contributed by atoms with van der Waals surface area (Å²) in [5.74, 6) is 0. The van der Waals surface area contributed by atoms with Crippen molar-refractivity contribution in [2.45, 2.75) is 45.9 Å². The van der Waals surface area contributed by atoms with Gasteiger partial charge < -0.3 is 10.4 Å². The van der Waals surface area contributed by atoms with E-state index >= 15 is 0 Å². The lowest BCUT2D eigenvalue weighted by Crippen LogP contribution is -2.59. The standard InChI is InChI=1S/C12H19N3O/c1-8-5-14-9(6-13-8)7-15-10-4-11(16)12(10,2)3/h5-6,10-11,15-16H,4,7H2,1-3H3. The lowest BCUT2D eigenvalue weighted by atomic mass is 9.64. The first-order chi connectivity index (χ1) is 7.50. The van der Waals surface area contributed by atoms with Crippen LogP contribution < -0.4 is 5.32 Å². The van der Waals surface area contributed by atoms with Crippen molar-refractivity contribution in [2.24, 2.45) is 5.41 Å². The number of aryl methyl sites for hydroxylation is 1. The number of aromatic nitrogens is 2. The molecule has 4 nitrogen and oxygen atoms in total. The molecule has 1 aromatic rings. The van der Waals surface area contributed by atoms with Crippen LogP contribution in [0.25, 0.3) is 0 Å². The van der Waals surface area contributed by atoms with Gasteiger partial charge in [0.15, 0.2) is 0 Å². The molecule has 1 aliphatic rings. The third-order valence-electron chi connectivity index (χ3n) is 3.58. The van der Waals surface area contributed by atoms with Gasteiger partial charge in [0.2, 0.25) is 0 Å². The van der Waals surface area contributed by atoms with E-state index in [9.17, 15) is 5.11 Å². The summed E-state index contributed by atoms with van der Waals surface area (Å²) in [4.78, 5) is 8.49. The fourth-order valence-corrected chi connectivity index (χ4v) is 1.99. The Balaban J connectivity index is 1.87. The highest BCUT2D eigenvalue weighted by atomic mass is 16.3. The van der Waals surface area contributed by atoms with Gasteiger partial charge >= 0.3 is 0 Å². The minimum atomic E-state index is -0.186. The van der Waals surface area contributed by atoms with Crippen molar-refractivity contribution in [3.63, 3.8) is 0 Å². The van der Waals surface area contributed by atoms with Crippen LogP contribution in [0.3, 0.4) is 0 Å². The second kappa shape index (κ2) is 4.11. The molecule has 0 aliphatic heterocycles. The van der Waals surface area contributed by atoms with Gasteiger partial charge in [-0.3, -0.25) is 9.97 Å². The molecule has 0 spiro atoms. The van der Waals surface area contributed by atoms with Gasteiger partial charge in [0, 0.05) is 30.4 Å². The molecule has 0 aromatic carbocycles. The molecule has 2 rings (SSSR count). The quantitative estimate of drug-likeness (QED) is 0.800. The van der Waals surface area contributed by atoms with Crippen molar-refractivity contribution in [3.05, 3.63) is 23.8 Å². The smallest absolute Gasteiger partial charge is 0.0724 e. The Morgan fingerprint density at radius 2 is 2.19 bits per heavy atom. The molecular formula is C12H19N3O. The van der Waals surface area contributed by atoms with E-state index in [2.05, 4.69) is 29.1 Å². The maximum atomic E-state index is 9.61. The van der Waals surface area contributed by atoms with E-state index in [4.69, 9.17) is 0 Å². The van der Waals surface area contributed by atoms with Gasteiger partial charge in [0.1, 0.15) is 0 Å². The predicted molar refractivity (Wildman–Crippen MR) is 61.8 cm³/mol. The van der Waals surface area contributed by atoms with Crippen molar-refractivity contribution in [3.8, 4) is 0 Å². The summed E-state index contributed by atoms with van der Waals surface area (Å²) >= 11 is 0. The first-order valence-corrected chi connectivity index (χ1v) is 5.69. The van der Waals surface area contributed by atoms with E-state index in [1.165, 1.54) is 0 Å². The van der Waals surface area contributed by atoms with Gasteiger partial charge in [-0.25, -0.2) is 0 Å². The average molecular weight is 221 g/mol. The van der Waals surface area contributed by atoms with E-state index in [0.717, 1.165) is 17.8 Å². The van der Waals surface area contributed by atoms with Crippen LogP contribution in [0.2, 0.25) is 0 Å². The number of rotatable bonds is 3. The molecule has 0 amide bonds. The number of aliphatic hydroxyl groups is 1. The van der Waals surface area contributed by atoms with Gasteiger partial charge in [0.25, 0.3) is 0 Å². The third kappa shape index (κ3) is 2.08. The summed E-state index contributed by atoms with van der Waals surface area (Å²) in [7, 11) is 0. The van der Waals surface area contributed by atoms with Crippen molar-refractivity contribution in [1.29, 1.82) is 0 Å². The van der Waals surface area contributed by atoms with Crippen molar-refractivity contribution in [2.75, 3.05) is 0 Å². The molecule has 0 radical (unpaired) electrons. The fourth-order valence-electron chi connectivity index (χ4n) is 1.99. The molecule has 1 heterocycles. The van der Waals surface area contributed by atoms with E-state index < -0.39 is 0 Å². The molecule has 1 fully saturated rings. The largest absolute Gasteiger partial charge is 0.392 e. The molecule has 1 saturated carbocycles. The maximum absolute atomic E-state index is 9.61. The number of nitrogens with one attached hydrogen (secondary N) is 1. The number of hydrogen-bond acceptors (Lipinski definition) is 4. The van der Waals surface area contributed by atoms with Crippen LogP contribution in [0, 0.1) is 12.3 Å². The van der Waals surface area contributed by atoms with Crippen LogP contribution >= 0.6 is 0 Å². The Morgan fingerprint density at radius 3 is 2.69 bits per heavy atom. The van der Waals surface area contributed by atoms with Crippen molar-refractivity contribution in [1.82, 2.24) is 15.3 Å². The van der Waals surface area contributed by atoms with Crippen LogP contribution in [-0.4, -0.2) is 27.2 Å². The lowest BCUT2D eigenvalue weighted by molar-refractivity contribution is -0.0730. The highest BCUT2D eigenvalue weighted by Crippen LogP contribution is 2.40. The summed E-state index contributed by atoms with van der Waals surface area (Å²) in [6, 6.07) is 0.366. The summed E-state index contributed by atoms with van der Waals surface area (Å²) in [5, 5.41) is 13.0. The summed E-state index contributed by atoms with van der Waals surface area (Å²) < 4.78 is 0.